The van der Waals surface area contributed by atoms with E-state index in [1.165, 1.54) is 12.1 Å². The van der Waals surface area contributed by atoms with Gasteiger partial charge in [0.05, 0.1) is 6.61 Å². The molecular formula is C26H24N2O7. The van der Waals surface area contributed by atoms with E-state index >= 15 is 0 Å². The van der Waals surface area contributed by atoms with Crippen molar-refractivity contribution in [1.82, 2.24) is 5.32 Å². The number of aromatic hydroxyl groups is 1. The van der Waals surface area contributed by atoms with E-state index in [1.54, 1.807) is 0 Å². The summed E-state index contributed by atoms with van der Waals surface area (Å²) in [4.78, 5) is 35.0. The van der Waals surface area contributed by atoms with Crippen molar-refractivity contribution in [2.45, 2.75) is 5.92 Å². The average Bonchev–Trinajstić information content (AvgIpc) is 3.16. The fraction of sp³-hybridized carbons (Fsp3) is 0.192. The van der Waals surface area contributed by atoms with Crippen molar-refractivity contribution in [2.24, 2.45) is 0 Å². The summed E-state index contributed by atoms with van der Waals surface area (Å²) in [6.07, 6.45) is -0.575. The number of hydrogen-bond donors (Lipinski definition) is 4. The second-order valence-electron chi connectivity index (χ2n) is 7.89. The Morgan fingerprint density at radius 1 is 0.914 bits per heavy atom. The molecule has 3 aromatic rings. The Bertz CT molecular complexity index is 1210. The lowest BCUT2D eigenvalue weighted by atomic mass is 9.98. The van der Waals surface area contributed by atoms with Gasteiger partial charge in [0.25, 0.3) is 0 Å². The van der Waals surface area contributed by atoms with Gasteiger partial charge in [0.2, 0.25) is 5.91 Å². The number of carbonyl (C=O) groups excluding carboxylic acids is 2. The molecule has 1 aliphatic rings. The first-order valence-electron chi connectivity index (χ1n) is 11.0. The molecule has 0 fully saturated rings. The lowest BCUT2D eigenvalue weighted by Gasteiger charge is -2.14. The highest BCUT2D eigenvalue weighted by Crippen LogP contribution is 2.44. The maximum atomic E-state index is 12.1. The van der Waals surface area contributed by atoms with Crippen LogP contribution < -0.4 is 10.6 Å². The zero-order valence-corrected chi connectivity index (χ0v) is 18.7. The molecule has 2 amide bonds. The summed E-state index contributed by atoms with van der Waals surface area (Å²) in [5.41, 5.74) is 4.52. The van der Waals surface area contributed by atoms with Gasteiger partial charge >= 0.3 is 12.1 Å². The van der Waals surface area contributed by atoms with Gasteiger partial charge in [-0.3, -0.25) is 4.79 Å². The van der Waals surface area contributed by atoms with Gasteiger partial charge in [-0.1, -0.05) is 48.5 Å². The summed E-state index contributed by atoms with van der Waals surface area (Å²) < 4.78 is 10.7. The van der Waals surface area contributed by atoms with Crippen LogP contribution in [0, 0.1) is 0 Å². The highest BCUT2D eigenvalue weighted by molar-refractivity contribution is 5.95. The Morgan fingerprint density at radius 2 is 1.57 bits per heavy atom. The standard InChI is InChI=1S/C26H24N2O7/c29-23-13-16(9-10-21(23)25(31)32)28-24(30)15-34-12-11-27-26(33)35-14-22-19-7-3-1-5-17(19)18-6-2-4-8-20(18)22/h1-10,13,22,29H,11-12,14-15H2,(H,27,33)(H,28,30)(H,31,32). The normalized spacial score (nSPS) is 11.9. The third-order valence-corrected chi connectivity index (χ3v) is 5.60. The highest BCUT2D eigenvalue weighted by Gasteiger charge is 2.28. The molecule has 0 saturated heterocycles. The summed E-state index contributed by atoms with van der Waals surface area (Å²) in [5, 5.41) is 23.7. The van der Waals surface area contributed by atoms with Gasteiger partial charge in [0, 0.05) is 24.2 Å². The summed E-state index contributed by atoms with van der Waals surface area (Å²) in [5.74, 6) is -2.25. The van der Waals surface area contributed by atoms with Gasteiger partial charge in [-0.05, 0) is 34.4 Å². The Labute approximate surface area is 201 Å². The maximum absolute atomic E-state index is 12.1. The molecule has 180 valence electrons. The van der Waals surface area contributed by atoms with E-state index in [9.17, 15) is 19.5 Å². The first-order chi connectivity index (χ1) is 16.9. The second-order valence-corrected chi connectivity index (χ2v) is 7.89. The van der Waals surface area contributed by atoms with Crippen LogP contribution in [0.2, 0.25) is 0 Å². The number of alkyl carbamates (subject to hydrolysis) is 1. The van der Waals surface area contributed by atoms with Crippen molar-refractivity contribution in [3.05, 3.63) is 83.4 Å². The van der Waals surface area contributed by atoms with Crippen molar-refractivity contribution >= 4 is 23.7 Å². The van der Waals surface area contributed by atoms with Crippen LogP contribution in [0.25, 0.3) is 11.1 Å². The van der Waals surface area contributed by atoms with Crippen LogP contribution in [0.3, 0.4) is 0 Å². The number of nitrogens with one attached hydrogen (secondary N) is 2. The SMILES string of the molecule is O=C(COCCNC(=O)OCC1c2ccccc2-c2ccccc21)Nc1ccc(C(=O)O)c(O)c1. The molecule has 35 heavy (non-hydrogen) atoms. The van der Waals surface area contributed by atoms with Crippen LogP contribution in [-0.2, 0) is 14.3 Å². The van der Waals surface area contributed by atoms with Crippen LogP contribution in [0.4, 0.5) is 10.5 Å². The fourth-order valence-electron chi connectivity index (χ4n) is 4.03. The minimum atomic E-state index is -1.27. The molecule has 0 bridgehead atoms. The zero-order valence-electron chi connectivity index (χ0n) is 18.7. The van der Waals surface area contributed by atoms with Crippen LogP contribution in [0.5, 0.6) is 5.75 Å². The summed E-state index contributed by atoms with van der Waals surface area (Å²) in [6, 6.07) is 19.8. The van der Waals surface area contributed by atoms with E-state index in [2.05, 4.69) is 22.8 Å². The highest BCUT2D eigenvalue weighted by atomic mass is 16.5. The minimum absolute atomic E-state index is 0.0305. The molecular weight excluding hydrogens is 452 g/mol. The number of phenols is 1. The number of carboxylic acids is 1. The molecule has 4 rings (SSSR count). The number of carboxylic acid groups (broad SMARTS) is 1. The largest absolute Gasteiger partial charge is 0.507 e. The smallest absolute Gasteiger partial charge is 0.407 e. The average molecular weight is 476 g/mol. The molecule has 0 saturated carbocycles. The molecule has 9 nitrogen and oxygen atoms in total. The summed E-state index contributed by atoms with van der Waals surface area (Å²) in [7, 11) is 0. The molecule has 0 atom stereocenters. The minimum Gasteiger partial charge on any atom is -0.507 e. The van der Waals surface area contributed by atoms with Gasteiger partial charge in [0.1, 0.15) is 24.5 Å². The predicted molar refractivity (Wildman–Crippen MR) is 128 cm³/mol. The summed E-state index contributed by atoms with van der Waals surface area (Å²) >= 11 is 0. The molecule has 0 spiro atoms. The lowest BCUT2D eigenvalue weighted by molar-refractivity contribution is -0.120. The number of amides is 2. The Morgan fingerprint density at radius 3 is 2.20 bits per heavy atom. The molecule has 0 heterocycles. The molecule has 0 radical (unpaired) electrons. The molecule has 1 aliphatic carbocycles. The Hall–Kier alpha value is -4.37. The first kappa shape index (κ1) is 23.8. The van der Waals surface area contributed by atoms with E-state index in [1.807, 2.05) is 36.4 Å². The number of benzene rings is 3. The molecule has 3 aromatic carbocycles. The molecule has 4 N–H and O–H groups in total. The van der Waals surface area contributed by atoms with Crippen molar-refractivity contribution in [2.75, 3.05) is 31.7 Å². The third kappa shape index (κ3) is 5.59. The van der Waals surface area contributed by atoms with Gasteiger partial charge < -0.3 is 30.3 Å². The quantitative estimate of drug-likeness (QED) is 0.347. The van der Waals surface area contributed by atoms with Gasteiger partial charge in [-0.25, -0.2) is 9.59 Å². The van der Waals surface area contributed by atoms with E-state index in [0.717, 1.165) is 28.3 Å². The van der Waals surface area contributed by atoms with E-state index < -0.39 is 23.7 Å². The topological polar surface area (TPSA) is 134 Å². The number of anilines is 1. The third-order valence-electron chi connectivity index (χ3n) is 5.60. The van der Waals surface area contributed by atoms with Crippen molar-refractivity contribution < 1.29 is 34.1 Å². The van der Waals surface area contributed by atoms with Crippen LogP contribution in [0.15, 0.2) is 66.7 Å². The van der Waals surface area contributed by atoms with Gasteiger partial charge in [0.15, 0.2) is 0 Å². The first-order valence-corrected chi connectivity index (χ1v) is 11.0. The fourth-order valence-corrected chi connectivity index (χ4v) is 4.03. The number of aromatic carboxylic acids is 1. The maximum Gasteiger partial charge on any atom is 0.407 e. The van der Waals surface area contributed by atoms with Crippen molar-refractivity contribution in [1.29, 1.82) is 0 Å². The van der Waals surface area contributed by atoms with E-state index in [-0.39, 0.29) is 43.5 Å². The zero-order chi connectivity index (χ0) is 24.8. The van der Waals surface area contributed by atoms with E-state index in [0.29, 0.717) is 0 Å². The van der Waals surface area contributed by atoms with Crippen LogP contribution in [-0.4, -0.2) is 54.5 Å². The molecule has 0 unspecified atom stereocenters. The number of fused-ring (bicyclic) bond motifs is 3. The Kier molecular flexibility index (Phi) is 7.27. The Balaban J connectivity index is 1.17. The van der Waals surface area contributed by atoms with Crippen molar-refractivity contribution in [3.8, 4) is 16.9 Å². The number of ether oxygens (including phenoxy) is 2. The monoisotopic (exact) mass is 476 g/mol. The summed E-state index contributed by atoms with van der Waals surface area (Å²) in [6.45, 7) is 0.156. The predicted octanol–water partition coefficient (Wildman–Crippen LogP) is 3.58. The van der Waals surface area contributed by atoms with Crippen LogP contribution >= 0.6 is 0 Å². The lowest BCUT2D eigenvalue weighted by Crippen LogP contribution is -2.30. The molecule has 9 heteroatoms. The van der Waals surface area contributed by atoms with E-state index in [4.69, 9.17) is 14.6 Å². The number of hydrogen-bond acceptors (Lipinski definition) is 6. The van der Waals surface area contributed by atoms with Gasteiger partial charge in [-0.2, -0.15) is 0 Å². The van der Waals surface area contributed by atoms with Crippen molar-refractivity contribution in [3.63, 3.8) is 0 Å². The number of carbonyl (C=O) groups is 3. The molecule has 0 aromatic heterocycles. The molecule has 0 aliphatic heterocycles. The van der Waals surface area contributed by atoms with Gasteiger partial charge in [-0.15, -0.1) is 0 Å². The van der Waals surface area contributed by atoms with Crippen LogP contribution in [0.1, 0.15) is 27.4 Å². The second kappa shape index (κ2) is 10.7. The number of rotatable bonds is 9.